The number of methoxy groups -OCH3 is 1. The summed E-state index contributed by atoms with van der Waals surface area (Å²) in [6.07, 6.45) is 0. The van der Waals surface area contributed by atoms with Crippen LogP contribution >= 0.6 is 39.3 Å². The van der Waals surface area contributed by atoms with Crippen LogP contribution in [0.4, 0.5) is 17.1 Å². The second-order valence-electron chi connectivity index (χ2n) is 8.08. The van der Waals surface area contributed by atoms with Gasteiger partial charge in [-0.2, -0.15) is 0 Å². The van der Waals surface area contributed by atoms with E-state index >= 15 is 0 Å². The quantitative estimate of drug-likeness (QED) is 0.173. The Hall–Kier alpha value is -2.77. The lowest BCUT2D eigenvalue weighted by Crippen LogP contribution is -2.43. The average Bonchev–Trinajstić information content (AvgIpc) is 3.14. The molecule has 2 atom stereocenters. The van der Waals surface area contributed by atoms with E-state index in [0.29, 0.717) is 28.1 Å². The van der Waals surface area contributed by atoms with Crippen LogP contribution in [0.3, 0.4) is 0 Å². The van der Waals surface area contributed by atoms with E-state index in [4.69, 9.17) is 38.5 Å². The lowest BCUT2D eigenvalue weighted by molar-refractivity contribution is -0.142. The van der Waals surface area contributed by atoms with Crippen LogP contribution in [0.5, 0.6) is 0 Å². The SMILES string of the molecule is COC(=O)[C@H](CSC1c2cc(CON)nc3c(N)c(Cl)c(N)c(c23)N1C)NC(=O)c1ccc(Br)cc1. The Balaban J connectivity index is 1.65. The molecular formula is C23H24BrClN6O4S. The lowest BCUT2D eigenvalue weighted by atomic mass is 10.1. The minimum absolute atomic E-state index is 0.0643. The third-order valence-corrected chi connectivity index (χ3v) is 8.19. The fourth-order valence-corrected chi connectivity index (χ4v) is 5.87. The van der Waals surface area contributed by atoms with Gasteiger partial charge in [0.2, 0.25) is 0 Å². The van der Waals surface area contributed by atoms with E-state index in [9.17, 15) is 9.59 Å². The number of ether oxygens (including phenoxy) is 1. The smallest absolute Gasteiger partial charge is 0.329 e. The second kappa shape index (κ2) is 10.7. The molecule has 3 aromatic rings. The molecule has 0 bridgehead atoms. The summed E-state index contributed by atoms with van der Waals surface area (Å²) < 4.78 is 5.79. The van der Waals surface area contributed by atoms with Gasteiger partial charge in [0.1, 0.15) is 18.0 Å². The number of nitrogens with two attached hydrogens (primary N) is 3. The zero-order chi connectivity index (χ0) is 26.1. The highest BCUT2D eigenvalue weighted by Crippen LogP contribution is 2.54. The Morgan fingerprint density at radius 1 is 1.28 bits per heavy atom. The van der Waals surface area contributed by atoms with Crippen molar-refractivity contribution >= 4 is 79.1 Å². The molecule has 2 aromatic carbocycles. The molecule has 1 aliphatic heterocycles. The second-order valence-corrected chi connectivity index (χ2v) is 10.5. The van der Waals surface area contributed by atoms with Crippen molar-refractivity contribution < 1.29 is 19.2 Å². The standard InChI is InChI=1S/C23H24BrClN6O4S/c1-31-20-15-13(7-12(8-35-28)29-19(15)17(26)16(25)18(20)27)22(31)36-9-14(23(33)34-2)30-21(32)10-3-5-11(24)6-4-10/h3-7,14,22H,8-9,26-28H2,1-2H3,(H,30,32)/t14-,22?/m0/s1. The lowest BCUT2D eigenvalue weighted by Gasteiger charge is -2.26. The van der Waals surface area contributed by atoms with Gasteiger partial charge in [0, 0.05) is 28.2 Å². The summed E-state index contributed by atoms with van der Waals surface area (Å²) in [4.78, 5) is 36.6. The van der Waals surface area contributed by atoms with E-state index in [1.165, 1.54) is 18.9 Å². The van der Waals surface area contributed by atoms with E-state index < -0.39 is 12.0 Å². The predicted octanol–water partition coefficient (Wildman–Crippen LogP) is 3.36. The number of nitrogens with zero attached hydrogens (tertiary/aromatic N) is 2. The number of hydrogen-bond donors (Lipinski definition) is 4. The summed E-state index contributed by atoms with van der Waals surface area (Å²) in [6, 6.07) is 7.78. The van der Waals surface area contributed by atoms with Gasteiger partial charge in [-0.25, -0.2) is 15.7 Å². The molecule has 0 saturated carbocycles. The van der Waals surface area contributed by atoms with Gasteiger partial charge in [0.15, 0.2) is 0 Å². The van der Waals surface area contributed by atoms with Crippen LogP contribution in [0.25, 0.3) is 10.9 Å². The van der Waals surface area contributed by atoms with Gasteiger partial charge in [0.25, 0.3) is 5.91 Å². The number of nitrogens with one attached hydrogen (secondary N) is 1. The van der Waals surface area contributed by atoms with E-state index in [2.05, 4.69) is 26.2 Å². The minimum atomic E-state index is -0.900. The number of benzene rings is 2. The minimum Gasteiger partial charge on any atom is -0.467 e. The fraction of sp³-hybridized carbons (Fsp3) is 0.261. The van der Waals surface area contributed by atoms with Crippen molar-refractivity contribution in [3.8, 4) is 0 Å². The normalized spacial score (nSPS) is 15.2. The van der Waals surface area contributed by atoms with Crippen LogP contribution in [0.15, 0.2) is 34.8 Å². The molecule has 1 amide bonds. The molecule has 1 aliphatic rings. The molecule has 190 valence electrons. The molecule has 0 spiro atoms. The van der Waals surface area contributed by atoms with E-state index in [0.717, 1.165) is 15.4 Å². The van der Waals surface area contributed by atoms with Gasteiger partial charge in [-0.3, -0.25) is 9.63 Å². The largest absolute Gasteiger partial charge is 0.467 e. The van der Waals surface area contributed by atoms with Crippen molar-refractivity contribution in [1.82, 2.24) is 10.3 Å². The Kier molecular flexibility index (Phi) is 7.81. The molecule has 0 radical (unpaired) electrons. The number of amides is 1. The molecule has 10 nitrogen and oxygen atoms in total. The molecule has 0 aliphatic carbocycles. The summed E-state index contributed by atoms with van der Waals surface area (Å²) in [5.41, 5.74) is 16.2. The summed E-state index contributed by atoms with van der Waals surface area (Å²) in [6.45, 7) is 0.0643. The molecule has 0 saturated heterocycles. The molecule has 1 unspecified atom stereocenters. The number of pyridine rings is 1. The van der Waals surface area contributed by atoms with Gasteiger partial charge in [0.05, 0.1) is 40.4 Å². The van der Waals surface area contributed by atoms with Gasteiger partial charge < -0.3 is 26.4 Å². The maximum absolute atomic E-state index is 12.8. The van der Waals surface area contributed by atoms with Gasteiger partial charge in [-0.1, -0.05) is 27.5 Å². The van der Waals surface area contributed by atoms with Crippen molar-refractivity contribution in [2.75, 3.05) is 36.3 Å². The number of anilines is 3. The zero-order valence-corrected chi connectivity index (χ0v) is 22.5. The van der Waals surface area contributed by atoms with Crippen LogP contribution in [0.2, 0.25) is 5.02 Å². The van der Waals surface area contributed by atoms with E-state index in [1.807, 2.05) is 18.0 Å². The van der Waals surface area contributed by atoms with Crippen LogP contribution in [0, 0.1) is 0 Å². The number of thioether (sulfide) groups is 1. The van der Waals surface area contributed by atoms with Crippen molar-refractivity contribution in [2.45, 2.75) is 18.0 Å². The third kappa shape index (κ3) is 4.78. The van der Waals surface area contributed by atoms with Gasteiger partial charge in [-0.05, 0) is 35.9 Å². The molecule has 2 heterocycles. The summed E-state index contributed by atoms with van der Waals surface area (Å²) >= 11 is 11.2. The fourth-order valence-electron chi connectivity index (χ4n) is 4.14. The first kappa shape index (κ1) is 26.3. The van der Waals surface area contributed by atoms with Crippen LogP contribution in [-0.4, -0.2) is 42.8 Å². The molecule has 36 heavy (non-hydrogen) atoms. The maximum atomic E-state index is 12.8. The molecule has 4 rings (SSSR count). The molecule has 7 N–H and O–H groups in total. The number of esters is 1. The monoisotopic (exact) mass is 594 g/mol. The highest BCUT2D eigenvalue weighted by atomic mass is 79.9. The molecular weight excluding hydrogens is 572 g/mol. The number of carbonyl (C=O) groups is 2. The number of halogens is 2. The first-order chi connectivity index (χ1) is 17.2. The highest BCUT2D eigenvalue weighted by Gasteiger charge is 2.36. The number of aromatic nitrogens is 1. The molecule has 0 fully saturated rings. The van der Waals surface area contributed by atoms with E-state index in [-0.39, 0.29) is 34.4 Å². The Bertz CT molecular complexity index is 1340. The maximum Gasteiger partial charge on any atom is 0.329 e. The van der Waals surface area contributed by atoms with Crippen molar-refractivity contribution in [2.24, 2.45) is 5.90 Å². The Morgan fingerprint density at radius 3 is 2.61 bits per heavy atom. The number of rotatable bonds is 8. The first-order valence-corrected chi connectivity index (χ1v) is 12.9. The number of hydrogen-bond acceptors (Lipinski definition) is 10. The van der Waals surface area contributed by atoms with E-state index in [1.54, 1.807) is 24.3 Å². The Morgan fingerprint density at radius 2 is 1.97 bits per heavy atom. The highest BCUT2D eigenvalue weighted by molar-refractivity contribution is 9.10. The van der Waals surface area contributed by atoms with Crippen molar-refractivity contribution in [1.29, 1.82) is 0 Å². The number of carbonyl (C=O) groups excluding carboxylic acids is 2. The van der Waals surface area contributed by atoms with Crippen LogP contribution in [0.1, 0.15) is 27.0 Å². The molecule has 1 aromatic heterocycles. The summed E-state index contributed by atoms with van der Waals surface area (Å²) in [5.74, 6) is 4.55. The average molecular weight is 596 g/mol. The van der Waals surface area contributed by atoms with Crippen LogP contribution in [-0.2, 0) is 21.0 Å². The summed E-state index contributed by atoms with van der Waals surface area (Å²) in [7, 11) is 3.14. The predicted molar refractivity (Wildman–Crippen MR) is 146 cm³/mol. The van der Waals surface area contributed by atoms with Crippen molar-refractivity contribution in [3.05, 3.63) is 56.6 Å². The molecule has 13 heteroatoms. The van der Waals surface area contributed by atoms with Crippen LogP contribution < -0.4 is 27.6 Å². The first-order valence-electron chi connectivity index (χ1n) is 10.7. The van der Waals surface area contributed by atoms with Gasteiger partial charge >= 0.3 is 5.97 Å². The topological polar surface area (TPSA) is 159 Å². The third-order valence-electron chi connectivity index (χ3n) is 5.84. The Labute approximate surface area is 224 Å². The van der Waals surface area contributed by atoms with Gasteiger partial charge in [-0.15, -0.1) is 11.8 Å². The summed E-state index contributed by atoms with van der Waals surface area (Å²) in [5, 5.41) is 3.46. The zero-order valence-electron chi connectivity index (χ0n) is 19.4. The van der Waals surface area contributed by atoms with Crippen molar-refractivity contribution in [3.63, 3.8) is 0 Å². The number of nitrogen functional groups attached to an aromatic ring is 2.